The SMILES string of the molecule is CNCC(=O)NC1CCN(c2ccc(Cl)c(F)c2)C1.Cl. The number of amides is 1. The van der Waals surface area contributed by atoms with E-state index in [-0.39, 0.29) is 29.4 Å². The molecular formula is C13H18Cl2FN3O. The topological polar surface area (TPSA) is 44.4 Å². The lowest BCUT2D eigenvalue weighted by molar-refractivity contribution is -0.120. The third-order valence-corrected chi connectivity index (χ3v) is 3.47. The van der Waals surface area contributed by atoms with Crippen molar-refractivity contribution in [2.75, 3.05) is 31.6 Å². The lowest BCUT2D eigenvalue weighted by Crippen LogP contribution is -2.41. The van der Waals surface area contributed by atoms with E-state index in [4.69, 9.17) is 11.6 Å². The van der Waals surface area contributed by atoms with E-state index < -0.39 is 5.82 Å². The molecule has 0 bridgehead atoms. The summed E-state index contributed by atoms with van der Waals surface area (Å²) in [6, 6.07) is 4.89. The number of likely N-dealkylation sites (N-methyl/N-ethyl adjacent to an activating group) is 1. The van der Waals surface area contributed by atoms with E-state index in [9.17, 15) is 9.18 Å². The Morgan fingerprint density at radius 1 is 1.55 bits per heavy atom. The van der Waals surface area contributed by atoms with E-state index >= 15 is 0 Å². The second-order valence-electron chi connectivity index (χ2n) is 4.63. The van der Waals surface area contributed by atoms with Crippen LogP contribution in [0.15, 0.2) is 18.2 Å². The number of rotatable bonds is 4. The lowest BCUT2D eigenvalue weighted by atomic mass is 10.2. The predicted octanol–water partition coefficient (Wildman–Crippen LogP) is 1.82. The van der Waals surface area contributed by atoms with Crippen LogP contribution in [0, 0.1) is 5.82 Å². The van der Waals surface area contributed by atoms with Gasteiger partial charge in [-0.25, -0.2) is 4.39 Å². The molecule has 2 N–H and O–H groups in total. The molecule has 1 aromatic rings. The first-order valence-electron chi connectivity index (χ1n) is 6.24. The van der Waals surface area contributed by atoms with Gasteiger partial charge in [0.15, 0.2) is 0 Å². The standard InChI is InChI=1S/C13H17ClFN3O.ClH/c1-16-7-13(19)17-9-4-5-18(8-9)10-2-3-11(14)12(15)6-10;/h2-3,6,9,16H,4-5,7-8H2,1H3,(H,17,19);1H. The van der Waals surface area contributed by atoms with Crippen molar-refractivity contribution in [2.45, 2.75) is 12.5 Å². The third kappa shape index (κ3) is 4.23. The van der Waals surface area contributed by atoms with Crippen molar-refractivity contribution < 1.29 is 9.18 Å². The molecule has 7 heteroatoms. The highest BCUT2D eigenvalue weighted by Gasteiger charge is 2.24. The maximum atomic E-state index is 13.4. The van der Waals surface area contributed by atoms with Crippen LogP contribution in [0.1, 0.15) is 6.42 Å². The highest BCUT2D eigenvalue weighted by molar-refractivity contribution is 6.30. The van der Waals surface area contributed by atoms with Crippen LogP contribution in [0.4, 0.5) is 10.1 Å². The fraction of sp³-hybridized carbons (Fsp3) is 0.462. The van der Waals surface area contributed by atoms with E-state index in [0.29, 0.717) is 13.1 Å². The molecule has 4 nitrogen and oxygen atoms in total. The normalized spacial score (nSPS) is 17.8. The Morgan fingerprint density at radius 2 is 2.30 bits per heavy atom. The molecular weight excluding hydrogens is 304 g/mol. The van der Waals surface area contributed by atoms with Crippen molar-refractivity contribution in [1.29, 1.82) is 0 Å². The fourth-order valence-electron chi connectivity index (χ4n) is 2.23. The monoisotopic (exact) mass is 321 g/mol. The molecule has 0 aromatic heterocycles. The summed E-state index contributed by atoms with van der Waals surface area (Å²) < 4.78 is 13.4. The fourth-order valence-corrected chi connectivity index (χ4v) is 2.35. The Bertz CT molecular complexity index is 473. The van der Waals surface area contributed by atoms with Gasteiger partial charge in [0.25, 0.3) is 0 Å². The number of carbonyl (C=O) groups is 1. The predicted molar refractivity (Wildman–Crippen MR) is 81.3 cm³/mol. The average molecular weight is 322 g/mol. The van der Waals surface area contributed by atoms with Crippen LogP contribution in [0.3, 0.4) is 0 Å². The molecule has 1 saturated heterocycles. The van der Waals surface area contributed by atoms with Crippen LogP contribution >= 0.6 is 24.0 Å². The maximum Gasteiger partial charge on any atom is 0.234 e. The number of carbonyl (C=O) groups excluding carboxylic acids is 1. The molecule has 20 heavy (non-hydrogen) atoms. The van der Waals surface area contributed by atoms with Crippen molar-refractivity contribution in [3.8, 4) is 0 Å². The molecule has 1 fully saturated rings. The minimum Gasteiger partial charge on any atom is -0.369 e. The summed E-state index contributed by atoms with van der Waals surface area (Å²) in [6.45, 7) is 1.80. The molecule has 1 aromatic carbocycles. The van der Waals surface area contributed by atoms with Gasteiger partial charge in [-0.3, -0.25) is 4.79 Å². The summed E-state index contributed by atoms with van der Waals surface area (Å²) >= 11 is 5.66. The summed E-state index contributed by atoms with van der Waals surface area (Å²) in [4.78, 5) is 13.5. The van der Waals surface area contributed by atoms with Gasteiger partial charge in [-0.05, 0) is 31.7 Å². The Labute approximate surface area is 129 Å². The number of halogens is 3. The number of hydrogen-bond donors (Lipinski definition) is 2. The van der Waals surface area contributed by atoms with Gasteiger partial charge in [0, 0.05) is 24.8 Å². The maximum absolute atomic E-state index is 13.4. The molecule has 2 rings (SSSR count). The van der Waals surface area contributed by atoms with E-state index in [1.165, 1.54) is 6.07 Å². The van der Waals surface area contributed by atoms with Crippen LogP contribution in [0.25, 0.3) is 0 Å². The molecule has 0 radical (unpaired) electrons. The molecule has 1 amide bonds. The Kier molecular flexibility index (Phi) is 6.52. The van der Waals surface area contributed by atoms with Crippen molar-refractivity contribution in [3.63, 3.8) is 0 Å². The number of nitrogens with one attached hydrogen (secondary N) is 2. The zero-order valence-corrected chi connectivity index (χ0v) is 12.7. The van der Waals surface area contributed by atoms with Gasteiger partial charge in [-0.1, -0.05) is 11.6 Å². The first-order chi connectivity index (χ1) is 9.10. The van der Waals surface area contributed by atoms with E-state index in [2.05, 4.69) is 10.6 Å². The van der Waals surface area contributed by atoms with Crippen molar-refractivity contribution in [2.24, 2.45) is 0 Å². The number of anilines is 1. The van der Waals surface area contributed by atoms with Gasteiger partial charge >= 0.3 is 0 Å². The molecule has 1 atom stereocenters. The minimum atomic E-state index is -0.415. The molecule has 1 unspecified atom stereocenters. The second kappa shape index (κ2) is 7.67. The first kappa shape index (κ1) is 17.0. The van der Waals surface area contributed by atoms with E-state index in [0.717, 1.165) is 18.7 Å². The highest BCUT2D eigenvalue weighted by atomic mass is 35.5. The summed E-state index contributed by atoms with van der Waals surface area (Å²) in [6.07, 6.45) is 0.861. The number of nitrogens with zero attached hydrogens (tertiary/aromatic N) is 1. The quantitative estimate of drug-likeness (QED) is 0.889. The van der Waals surface area contributed by atoms with Crippen LogP contribution in [-0.2, 0) is 4.79 Å². The molecule has 0 aliphatic carbocycles. The van der Waals surface area contributed by atoms with Gasteiger partial charge in [-0.15, -0.1) is 12.4 Å². The summed E-state index contributed by atoms with van der Waals surface area (Å²) in [5.74, 6) is -0.432. The van der Waals surface area contributed by atoms with Gasteiger partial charge in [0.1, 0.15) is 5.82 Å². The first-order valence-corrected chi connectivity index (χ1v) is 6.62. The Morgan fingerprint density at radius 3 is 2.95 bits per heavy atom. The van der Waals surface area contributed by atoms with E-state index in [1.807, 2.05) is 4.90 Å². The minimum absolute atomic E-state index is 0. The third-order valence-electron chi connectivity index (χ3n) is 3.16. The Hall–Kier alpha value is -1.04. The van der Waals surface area contributed by atoms with Gasteiger partial charge in [-0.2, -0.15) is 0 Å². The van der Waals surface area contributed by atoms with Crippen molar-refractivity contribution in [1.82, 2.24) is 10.6 Å². The van der Waals surface area contributed by atoms with Gasteiger partial charge in [0.05, 0.1) is 11.6 Å². The average Bonchev–Trinajstić information content (AvgIpc) is 2.81. The summed E-state index contributed by atoms with van der Waals surface area (Å²) in [5, 5.41) is 5.88. The van der Waals surface area contributed by atoms with Crippen LogP contribution in [0.5, 0.6) is 0 Å². The molecule has 1 heterocycles. The summed E-state index contributed by atoms with van der Waals surface area (Å²) in [5.41, 5.74) is 0.798. The zero-order chi connectivity index (χ0) is 13.8. The number of benzene rings is 1. The molecule has 112 valence electrons. The molecule has 1 aliphatic rings. The summed E-state index contributed by atoms with van der Waals surface area (Å²) in [7, 11) is 1.73. The zero-order valence-electron chi connectivity index (χ0n) is 11.2. The number of hydrogen-bond acceptors (Lipinski definition) is 3. The van der Waals surface area contributed by atoms with Crippen molar-refractivity contribution in [3.05, 3.63) is 29.0 Å². The van der Waals surface area contributed by atoms with Crippen molar-refractivity contribution >= 4 is 35.6 Å². The van der Waals surface area contributed by atoms with Gasteiger partial charge < -0.3 is 15.5 Å². The van der Waals surface area contributed by atoms with Gasteiger partial charge in [0.2, 0.25) is 5.91 Å². The Balaban J connectivity index is 0.00000200. The van der Waals surface area contributed by atoms with Crippen LogP contribution in [-0.4, -0.2) is 38.6 Å². The van der Waals surface area contributed by atoms with Crippen LogP contribution < -0.4 is 15.5 Å². The molecule has 0 saturated carbocycles. The highest BCUT2D eigenvalue weighted by Crippen LogP contribution is 2.24. The smallest absolute Gasteiger partial charge is 0.234 e. The second-order valence-corrected chi connectivity index (χ2v) is 5.04. The molecule has 0 spiro atoms. The van der Waals surface area contributed by atoms with E-state index in [1.54, 1.807) is 19.2 Å². The lowest BCUT2D eigenvalue weighted by Gasteiger charge is -2.19. The molecule has 1 aliphatic heterocycles. The van der Waals surface area contributed by atoms with Crippen LogP contribution in [0.2, 0.25) is 5.02 Å². The largest absolute Gasteiger partial charge is 0.369 e.